The molecule has 1 rings (SSSR count). The highest BCUT2D eigenvalue weighted by Crippen LogP contribution is 2.11. The number of nitrogens with one attached hydrogen (secondary N) is 1. The third-order valence-electron chi connectivity index (χ3n) is 2.84. The van der Waals surface area contributed by atoms with Crippen LogP contribution in [-0.4, -0.2) is 50.8 Å². The van der Waals surface area contributed by atoms with E-state index in [1.54, 1.807) is 51.4 Å². The Labute approximate surface area is 130 Å². The third kappa shape index (κ3) is 6.41. The van der Waals surface area contributed by atoms with Gasteiger partial charge in [0.1, 0.15) is 0 Å². The summed E-state index contributed by atoms with van der Waals surface area (Å²) in [6.45, 7) is 3.11. The van der Waals surface area contributed by atoms with Gasteiger partial charge in [0.2, 0.25) is 0 Å². The average molecular weight is 306 g/mol. The zero-order valence-corrected chi connectivity index (χ0v) is 13.2. The zero-order valence-electron chi connectivity index (χ0n) is 13.2. The van der Waals surface area contributed by atoms with Crippen molar-refractivity contribution in [3.63, 3.8) is 0 Å². The van der Waals surface area contributed by atoms with E-state index in [-0.39, 0.29) is 12.0 Å². The minimum atomic E-state index is -0.375. The van der Waals surface area contributed by atoms with Gasteiger partial charge in [0.15, 0.2) is 0 Å². The molecule has 0 unspecified atom stereocenters. The van der Waals surface area contributed by atoms with Crippen LogP contribution >= 0.6 is 0 Å². The summed E-state index contributed by atoms with van der Waals surface area (Å²) in [5.74, 6) is -0.375. The van der Waals surface area contributed by atoms with E-state index in [1.807, 2.05) is 0 Å². The number of benzene rings is 1. The maximum atomic E-state index is 11.9. The maximum Gasteiger partial charge on any atom is 0.330 e. The van der Waals surface area contributed by atoms with Crippen LogP contribution in [0.15, 0.2) is 30.3 Å². The third-order valence-corrected chi connectivity index (χ3v) is 2.84. The van der Waals surface area contributed by atoms with Crippen LogP contribution in [0.2, 0.25) is 0 Å². The van der Waals surface area contributed by atoms with Crippen molar-refractivity contribution in [2.45, 2.75) is 6.92 Å². The van der Waals surface area contributed by atoms with E-state index in [0.717, 1.165) is 5.56 Å². The van der Waals surface area contributed by atoms with Gasteiger partial charge in [-0.15, -0.1) is 0 Å². The lowest BCUT2D eigenvalue weighted by Gasteiger charge is -2.17. The van der Waals surface area contributed by atoms with Gasteiger partial charge in [0.25, 0.3) is 0 Å². The number of esters is 1. The summed E-state index contributed by atoms with van der Waals surface area (Å²) in [6, 6.07) is 6.95. The van der Waals surface area contributed by atoms with Crippen LogP contribution < -0.4 is 5.32 Å². The van der Waals surface area contributed by atoms with Crippen molar-refractivity contribution in [1.29, 1.82) is 0 Å². The second kappa shape index (κ2) is 9.57. The number of ether oxygens (including phenoxy) is 2. The average Bonchev–Trinajstić information content (AvgIpc) is 2.52. The number of methoxy groups -OCH3 is 1. The molecule has 0 atom stereocenters. The standard InChI is InChI=1S/C16H22N2O4/c1-4-22-15(19)10-7-13-5-8-14(9-6-13)17-16(20)18(2)11-12-21-3/h5-10H,4,11-12H2,1-3H3,(H,17,20)/b10-7+. The molecule has 0 aromatic heterocycles. The Morgan fingerprint density at radius 1 is 1.27 bits per heavy atom. The first-order valence-electron chi connectivity index (χ1n) is 7.02. The molecule has 0 heterocycles. The van der Waals surface area contributed by atoms with Crippen molar-refractivity contribution >= 4 is 23.8 Å². The normalized spacial score (nSPS) is 10.5. The van der Waals surface area contributed by atoms with Crippen LogP contribution in [0, 0.1) is 0 Å². The fourth-order valence-corrected chi connectivity index (χ4v) is 1.58. The van der Waals surface area contributed by atoms with E-state index in [4.69, 9.17) is 9.47 Å². The van der Waals surface area contributed by atoms with Crippen molar-refractivity contribution < 1.29 is 19.1 Å². The summed E-state index contributed by atoms with van der Waals surface area (Å²) in [7, 11) is 3.29. The molecule has 6 heteroatoms. The minimum absolute atomic E-state index is 0.202. The molecular weight excluding hydrogens is 284 g/mol. The van der Waals surface area contributed by atoms with Crippen LogP contribution in [0.1, 0.15) is 12.5 Å². The SMILES string of the molecule is CCOC(=O)/C=C/c1ccc(NC(=O)N(C)CCOC)cc1. The predicted octanol–water partition coefficient (Wildman–Crippen LogP) is 2.37. The Bertz CT molecular complexity index is 511. The molecule has 22 heavy (non-hydrogen) atoms. The van der Waals surface area contributed by atoms with E-state index in [9.17, 15) is 9.59 Å². The summed E-state index contributed by atoms with van der Waals surface area (Å²) < 4.78 is 9.73. The number of rotatable bonds is 7. The number of anilines is 1. The van der Waals surface area contributed by atoms with E-state index in [2.05, 4.69) is 5.32 Å². The number of amides is 2. The summed E-state index contributed by atoms with van der Waals surface area (Å²) in [6.07, 6.45) is 3.03. The quantitative estimate of drug-likeness (QED) is 0.620. The summed E-state index contributed by atoms with van der Waals surface area (Å²) >= 11 is 0. The molecular formula is C16H22N2O4. The molecule has 6 nitrogen and oxygen atoms in total. The largest absolute Gasteiger partial charge is 0.463 e. The molecule has 0 aliphatic carbocycles. The Balaban J connectivity index is 2.54. The number of urea groups is 1. The molecule has 0 radical (unpaired) electrons. The van der Waals surface area contributed by atoms with E-state index >= 15 is 0 Å². The summed E-state index contributed by atoms with van der Waals surface area (Å²) in [5.41, 5.74) is 1.53. The fraction of sp³-hybridized carbons (Fsp3) is 0.375. The van der Waals surface area contributed by atoms with Gasteiger partial charge in [-0.3, -0.25) is 0 Å². The highest BCUT2D eigenvalue weighted by molar-refractivity contribution is 5.89. The number of carbonyl (C=O) groups excluding carboxylic acids is 2. The van der Waals surface area contributed by atoms with Crippen molar-refractivity contribution in [2.75, 3.05) is 39.2 Å². The van der Waals surface area contributed by atoms with Gasteiger partial charge in [-0.05, 0) is 30.7 Å². The molecule has 1 aromatic rings. The van der Waals surface area contributed by atoms with Gasteiger partial charge in [0, 0.05) is 32.5 Å². The van der Waals surface area contributed by atoms with Crippen molar-refractivity contribution in [2.24, 2.45) is 0 Å². The van der Waals surface area contributed by atoms with Crippen LogP contribution in [0.4, 0.5) is 10.5 Å². The monoisotopic (exact) mass is 306 g/mol. The topological polar surface area (TPSA) is 67.9 Å². The molecule has 0 saturated carbocycles. The molecule has 1 N–H and O–H groups in total. The Kier molecular flexibility index (Phi) is 7.70. The maximum absolute atomic E-state index is 11.9. The van der Waals surface area contributed by atoms with Crippen LogP contribution in [0.3, 0.4) is 0 Å². The zero-order chi connectivity index (χ0) is 16.4. The van der Waals surface area contributed by atoms with Crippen molar-refractivity contribution in [1.82, 2.24) is 4.90 Å². The Morgan fingerprint density at radius 3 is 2.55 bits per heavy atom. The predicted molar refractivity (Wildman–Crippen MR) is 85.6 cm³/mol. The minimum Gasteiger partial charge on any atom is -0.463 e. The van der Waals surface area contributed by atoms with Gasteiger partial charge in [-0.1, -0.05) is 12.1 Å². The van der Waals surface area contributed by atoms with E-state index in [0.29, 0.717) is 25.4 Å². The molecule has 120 valence electrons. The molecule has 1 aromatic carbocycles. The lowest BCUT2D eigenvalue weighted by Crippen LogP contribution is -2.33. The van der Waals surface area contributed by atoms with Gasteiger partial charge < -0.3 is 19.7 Å². The molecule has 0 spiro atoms. The lowest BCUT2D eigenvalue weighted by atomic mass is 10.2. The highest BCUT2D eigenvalue weighted by atomic mass is 16.5. The summed E-state index contributed by atoms with van der Waals surface area (Å²) in [4.78, 5) is 24.6. The van der Waals surface area contributed by atoms with Crippen molar-refractivity contribution in [3.05, 3.63) is 35.9 Å². The number of hydrogen-bond donors (Lipinski definition) is 1. The first-order chi connectivity index (χ1) is 10.6. The van der Waals surface area contributed by atoms with E-state index in [1.165, 1.54) is 11.0 Å². The molecule has 0 bridgehead atoms. The molecule has 2 amide bonds. The second-order valence-electron chi connectivity index (χ2n) is 4.55. The first-order valence-corrected chi connectivity index (χ1v) is 7.02. The lowest BCUT2D eigenvalue weighted by molar-refractivity contribution is -0.137. The summed E-state index contributed by atoms with van der Waals surface area (Å²) in [5, 5.41) is 2.78. The molecule has 0 aliphatic rings. The number of nitrogens with zero attached hydrogens (tertiary/aromatic N) is 1. The Morgan fingerprint density at radius 2 is 1.95 bits per heavy atom. The second-order valence-corrected chi connectivity index (χ2v) is 4.55. The van der Waals surface area contributed by atoms with E-state index < -0.39 is 0 Å². The number of likely N-dealkylation sites (N-methyl/N-ethyl adjacent to an activating group) is 1. The molecule has 0 aliphatic heterocycles. The Hall–Kier alpha value is -2.34. The van der Waals surface area contributed by atoms with Crippen molar-refractivity contribution in [3.8, 4) is 0 Å². The molecule has 0 saturated heterocycles. The molecule has 0 fully saturated rings. The van der Waals surface area contributed by atoms with Gasteiger partial charge in [0.05, 0.1) is 13.2 Å². The van der Waals surface area contributed by atoms with Crippen LogP contribution in [0.25, 0.3) is 6.08 Å². The van der Waals surface area contributed by atoms with Crippen LogP contribution in [-0.2, 0) is 14.3 Å². The number of hydrogen-bond acceptors (Lipinski definition) is 4. The smallest absolute Gasteiger partial charge is 0.330 e. The van der Waals surface area contributed by atoms with Gasteiger partial charge >= 0.3 is 12.0 Å². The van der Waals surface area contributed by atoms with Crippen LogP contribution in [0.5, 0.6) is 0 Å². The fourth-order valence-electron chi connectivity index (χ4n) is 1.58. The first kappa shape index (κ1) is 17.7. The van der Waals surface area contributed by atoms with Gasteiger partial charge in [-0.25, -0.2) is 9.59 Å². The highest BCUT2D eigenvalue weighted by Gasteiger charge is 2.07. The number of carbonyl (C=O) groups is 2. The van der Waals surface area contributed by atoms with Gasteiger partial charge in [-0.2, -0.15) is 0 Å².